The van der Waals surface area contributed by atoms with Crippen molar-refractivity contribution in [3.63, 3.8) is 0 Å². The number of hydrogen-bond donors (Lipinski definition) is 1. The summed E-state index contributed by atoms with van der Waals surface area (Å²) in [4.78, 5) is 2.37. The Morgan fingerprint density at radius 2 is 1.80 bits per heavy atom. The highest BCUT2D eigenvalue weighted by atomic mass is 79.9. The van der Waals surface area contributed by atoms with Gasteiger partial charge in [0.25, 0.3) is 0 Å². The number of benzene rings is 2. The molecule has 1 aliphatic heterocycles. The van der Waals surface area contributed by atoms with Gasteiger partial charge in [-0.3, -0.25) is 0 Å². The molecule has 2 heterocycles. The molecular formula is C19H20BrN5. The van der Waals surface area contributed by atoms with Gasteiger partial charge in [0.05, 0.1) is 0 Å². The second-order valence-corrected chi connectivity index (χ2v) is 7.95. The first-order valence-corrected chi connectivity index (χ1v) is 9.17. The van der Waals surface area contributed by atoms with Crippen molar-refractivity contribution in [2.24, 2.45) is 0 Å². The van der Waals surface area contributed by atoms with Crippen molar-refractivity contribution in [2.45, 2.75) is 32.6 Å². The molecule has 0 saturated carbocycles. The Bertz CT molecular complexity index is 862. The summed E-state index contributed by atoms with van der Waals surface area (Å²) in [6, 6.07) is 13.3. The first-order valence-electron chi connectivity index (χ1n) is 8.38. The minimum atomic E-state index is -0.0525. The maximum absolute atomic E-state index is 4.09. The van der Waals surface area contributed by atoms with E-state index in [1.165, 1.54) is 28.1 Å². The van der Waals surface area contributed by atoms with Crippen LogP contribution in [0.25, 0.3) is 0 Å². The van der Waals surface area contributed by atoms with E-state index in [2.05, 4.69) is 98.6 Å². The minimum absolute atomic E-state index is 0.0525. The van der Waals surface area contributed by atoms with Crippen LogP contribution in [0.1, 0.15) is 36.4 Å². The molecule has 0 aliphatic carbocycles. The summed E-state index contributed by atoms with van der Waals surface area (Å²) in [6.45, 7) is 7.55. The molecule has 0 atom stereocenters. The molecule has 0 unspecified atom stereocenters. The fraction of sp³-hybridized carbons (Fsp3) is 0.316. The van der Waals surface area contributed by atoms with Gasteiger partial charge < -0.3 is 4.90 Å². The molecule has 0 bridgehead atoms. The van der Waals surface area contributed by atoms with Crippen LogP contribution >= 0.6 is 15.9 Å². The Labute approximate surface area is 155 Å². The third kappa shape index (κ3) is 2.74. The number of hydrogen-bond acceptors (Lipinski definition) is 4. The Morgan fingerprint density at radius 1 is 1.08 bits per heavy atom. The van der Waals surface area contributed by atoms with Gasteiger partial charge in [-0.2, -0.15) is 5.21 Å². The lowest BCUT2D eigenvalue weighted by Crippen LogP contribution is -2.34. The predicted octanol–water partition coefficient (Wildman–Crippen LogP) is 4.29. The lowest BCUT2D eigenvalue weighted by atomic mass is 9.73. The van der Waals surface area contributed by atoms with Crippen molar-refractivity contribution >= 4 is 27.3 Å². The van der Waals surface area contributed by atoms with E-state index in [9.17, 15) is 0 Å². The van der Waals surface area contributed by atoms with E-state index < -0.39 is 0 Å². The van der Waals surface area contributed by atoms with E-state index in [0.717, 1.165) is 23.3 Å². The monoisotopic (exact) mass is 397 g/mol. The van der Waals surface area contributed by atoms with Gasteiger partial charge in [-0.25, -0.2) is 0 Å². The summed E-state index contributed by atoms with van der Waals surface area (Å²) in [5.41, 5.74) is 6.41. The Morgan fingerprint density at radius 3 is 2.52 bits per heavy atom. The van der Waals surface area contributed by atoms with Crippen LogP contribution in [0.3, 0.4) is 0 Å². The van der Waals surface area contributed by atoms with Crippen molar-refractivity contribution in [3.8, 4) is 0 Å². The number of anilines is 2. The van der Waals surface area contributed by atoms with E-state index in [1.54, 1.807) is 0 Å². The van der Waals surface area contributed by atoms with Crippen molar-refractivity contribution in [2.75, 3.05) is 11.4 Å². The van der Waals surface area contributed by atoms with Crippen LogP contribution < -0.4 is 4.90 Å². The number of halogens is 1. The lowest BCUT2D eigenvalue weighted by molar-refractivity contribution is 0.621. The molecule has 0 radical (unpaired) electrons. The maximum atomic E-state index is 4.09. The number of nitrogens with zero attached hydrogens (tertiary/aromatic N) is 4. The molecule has 6 heteroatoms. The highest BCUT2D eigenvalue weighted by molar-refractivity contribution is 9.10. The summed E-state index contributed by atoms with van der Waals surface area (Å²) < 4.78 is 1.11. The molecule has 0 fully saturated rings. The average Bonchev–Trinajstić information content (AvgIpc) is 3.09. The van der Waals surface area contributed by atoms with Crippen molar-refractivity contribution in [3.05, 3.63) is 63.4 Å². The molecule has 1 aliphatic rings. The Hall–Kier alpha value is -2.21. The third-order valence-electron chi connectivity index (χ3n) is 4.99. The maximum Gasteiger partial charge on any atom is 0.176 e. The van der Waals surface area contributed by atoms with E-state index in [0.29, 0.717) is 0 Å². The fourth-order valence-corrected chi connectivity index (χ4v) is 4.01. The van der Waals surface area contributed by atoms with E-state index >= 15 is 0 Å². The Kier molecular flexibility index (Phi) is 3.87. The zero-order valence-electron chi connectivity index (χ0n) is 14.5. The summed E-state index contributed by atoms with van der Waals surface area (Å²) in [5.74, 6) is 0.733. The molecule has 4 rings (SSSR count). The number of nitrogens with one attached hydrogen (secondary N) is 1. The second kappa shape index (κ2) is 5.95. The molecule has 25 heavy (non-hydrogen) atoms. The van der Waals surface area contributed by atoms with Gasteiger partial charge in [0, 0.05) is 34.2 Å². The van der Waals surface area contributed by atoms with Crippen LogP contribution in [0.4, 0.5) is 11.4 Å². The number of rotatable bonds is 3. The number of aryl methyl sites for hydroxylation is 1. The van der Waals surface area contributed by atoms with Crippen LogP contribution in [0.15, 0.2) is 40.9 Å². The number of H-pyrrole nitrogens is 1. The third-order valence-corrected chi connectivity index (χ3v) is 5.48. The molecule has 1 N–H and O–H groups in total. The van der Waals surface area contributed by atoms with Crippen LogP contribution in [0.2, 0.25) is 0 Å². The highest BCUT2D eigenvalue weighted by Crippen LogP contribution is 2.49. The quantitative estimate of drug-likeness (QED) is 0.715. The van der Waals surface area contributed by atoms with Gasteiger partial charge >= 0.3 is 0 Å². The lowest BCUT2D eigenvalue weighted by Gasteiger charge is -2.42. The topological polar surface area (TPSA) is 57.7 Å². The van der Waals surface area contributed by atoms with E-state index in [-0.39, 0.29) is 5.41 Å². The standard InChI is InChI=1S/C19H20BrN5/c1-12-4-6-16-14(10-12)19(2,3)15-11-13(20)5-7-17(15)25(16)9-8-18-21-23-24-22-18/h4-7,10-11H,8-9H2,1-3H3,(H,21,22,23,24). The summed E-state index contributed by atoms with van der Waals surface area (Å²) >= 11 is 3.64. The van der Waals surface area contributed by atoms with Crippen molar-refractivity contribution in [1.82, 2.24) is 20.6 Å². The molecule has 0 amide bonds. The summed E-state index contributed by atoms with van der Waals surface area (Å²) in [5, 5.41) is 14.4. The zero-order valence-corrected chi connectivity index (χ0v) is 16.1. The molecule has 5 nitrogen and oxygen atoms in total. The largest absolute Gasteiger partial charge is 0.341 e. The van der Waals surface area contributed by atoms with Crippen molar-refractivity contribution in [1.29, 1.82) is 0 Å². The highest BCUT2D eigenvalue weighted by Gasteiger charge is 2.36. The normalized spacial score (nSPS) is 15.0. The van der Waals surface area contributed by atoms with Gasteiger partial charge in [0.2, 0.25) is 0 Å². The fourth-order valence-electron chi connectivity index (χ4n) is 3.65. The molecule has 1 aromatic heterocycles. The van der Waals surface area contributed by atoms with Gasteiger partial charge in [0.15, 0.2) is 5.82 Å². The molecule has 3 aromatic rings. The number of aromatic amines is 1. The van der Waals surface area contributed by atoms with Gasteiger partial charge in [-0.05, 0) is 42.3 Å². The second-order valence-electron chi connectivity index (χ2n) is 7.04. The zero-order chi connectivity index (χ0) is 17.6. The predicted molar refractivity (Wildman–Crippen MR) is 102 cm³/mol. The van der Waals surface area contributed by atoms with Crippen LogP contribution in [-0.4, -0.2) is 27.2 Å². The van der Waals surface area contributed by atoms with Gasteiger partial charge in [-0.1, -0.05) is 52.7 Å². The first-order chi connectivity index (χ1) is 12.0. The number of fused-ring (bicyclic) bond motifs is 2. The van der Waals surface area contributed by atoms with Crippen molar-refractivity contribution < 1.29 is 0 Å². The molecule has 0 saturated heterocycles. The molecular weight excluding hydrogens is 378 g/mol. The SMILES string of the molecule is Cc1ccc2c(c1)C(C)(C)c1cc(Br)ccc1N2CCc1nn[nH]n1. The molecule has 128 valence electrons. The van der Waals surface area contributed by atoms with Gasteiger partial charge in [-0.15, -0.1) is 10.2 Å². The summed E-state index contributed by atoms with van der Waals surface area (Å²) in [7, 11) is 0. The summed E-state index contributed by atoms with van der Waals surface area (Å²) in [6.07, 6.45) is 0.736. The van der Waals surface area contributed by atoms with Crippen LogP contribution in [0.5, 0.6) is 0 Å². The van der Waals surface area contributed by atoms with E-state index in [1.807, 2.05) is 0 Å². The average molecular weight is 398 g/mol. The first kappa shape index (κ1) is 16.3. The smallest absolute Gasteiger partial charge is 0.176 e. The Balaban J connectivity index is 1.84. The van der Waals surface area contributed by atoms with E-state index in [4.69, 9.17) is 0 Å². The minimum Gasteiger partial charge on any atom is -0.341 e. The molecule has 0 spiro atoms. The number of aromatic nitrogens is 4. The van der Waals surface area contributed by atoms with Gasteiger partial charge in [0.1, 0.15) is 0 Å². The number of tetrazole rings is 1. The van der Waals surface area contributed by atoms with Crippen LogP contribution in [-0.2, 0) is 11.8 Å². The molecule has 2 aromatic carbocycles. The van der Waals surface area contributed by atoms with Crippen LogP contribution in [0, 0.1) is 6.92 Å².